The maximum atomic E-state index is 13.1. The molecule has 0 saturated carbocycles. The molecule has 76 valence electrons. The summed E-state index contributed by atoms with van der Waals surface area (Å²) in [5.41, 5.74) is 0. The summed E-state index contributed by atoms with van der Waals surface area (Å²) in [6.07, 6.45) is 6.22. The molecule has 0 bridgehead atoms. The van der Waals surface area contributed by atoms with Crippen LogP contribution >= 0.6 is 11.6 Å². The summed E-state index contributed by atoms with van der Waals surface area (Å²) in [6.45, 7) is 2.61. The fraction of sp³-hybridized carbons (Fsp3) is 0.300. The fourth-order valence-corrected chi connectivity index (χ4v) is 1.13. The van der Waals surface area contributed by atoms with E-state index in [1.54, 1.807) is 0 Å². The number of aromatic nitrogens is 1. The second kappa shape index (κ2) is 5.60. The molecule has 0 aliphatic rings. The van der Waals surface area contributed by atoms with Crippen LogP contribution in [0.4, 0.5) is 10.2 Å². The topological polar surface area (TPSA) is 24.9 Å². The standard InChI is InChI=1S/C10H12ClFN2/c1-2-3-4-5-13-10-9(12)6-8(11)7-14-10/h2-3,6-7H,4-5H2,1H3,(H,13,14)/b3-2+. The summed E-state index contributed by atoms with van der Waals surface area (Å²) in [7, 11) is 0. The number of anilines is 1. The minimum Gasteiger partial charge on any atom is -0.367 e. The van der Waals surface area contributed by atoms with E-state index in [0.717, 1.165) is 6.42 Å². The number of nitrogens with zero attached hydrogens (tertiary/aromatic N) is 1. The van der Waals surface area contributed by atoms with Crippen LogP contribution in [0, 0.1) is 5.82 Å². The molecule has 1 N–H and O–H groups in total. The molecule has 1 aromatic rings. The van der Waals surface area contributed by atoms with Crippen LogP contribution in [-0.4, -0.2) is 11.5 Å². The van der Waals surface area contributed by atoms with Crippen LogP contribution in [0.1, 0.15) is 13.3 Å². The quantitative estimate of drug-likeness (QED) is 0.615. The number of allylic oxidation sites excluding steroid dienone is 1. The Kier molecular flexibility index (Phi) is 4.40. The third kappa shape index (κ3) is 3.34. The summed E-state index contributed by atoms with van der Waals surface area (Å²) in [5.74, 6) is -0.170. The van der Waals surface area contributed by atoms with Gasteiger partial charge in [0.15, 0.2) is 11.6 Å². The summed E-state index contributed by atoms with van der Waals surface area (Å²) < 4.78 is 13.1. The van der Waals surface area contributed by atoms with E-state index in [1.165, 1.54) is 12.3 Å². The van der Waals surface area contributed by atoms with Gasteiger partial charge in [0.25, 0.3) is 0 Å². The van der Waals surface area contributed by atoms with E-state index in [2.05, 4.69) is 10.3 Å². The van der Waals surface area contributed by atoms with E-state index in [1.807, 2.05) is 19.1 Å². The van der Waals surface area contributed by atoms with Crippen LogP contribution in [-0.2, 0) is 0 Å². The molecule has 2 nitrogen and oxygen atoms in total. The van der Waals surface area contributed by atoms with Crippen molar-refractivity contribution < 1.29 is 4.39 Å². The highest BCUT2D eigenvalue weighted by atomic mass is 35.5. The molecule has 0 amide bonds. The molecule has 0 aliphatic heterocycles. The van der Waals surface area contributed by atoms with Gasteiger partial charge >= 0.3 is 0 Å². The second-order valence-corrected chi connectivity index (χ2v) is 3.20. The average molecular weight is 215 g/mol. The first kappa shape index (κ1) is 11.0. The van der Waals surface area contributed by atoms with Gasteiger partial charge < -0.3 is 5.32 Å². The Balaban J connectivity index is 2.50. The van der Waals surface area contributed by atoms with Gasteiger partial charge in [-0.2, -0.15) is 0 Å². The van der Waals surface area contributed by atoms with Gasteiger partial charge in [0, 0.05) is 12.7 Å². The van der Waals surface area contributed by atoms with Gasteiger partial charge in [0.05, 0.1) is 5.02 Å². The molecule has 1 heterocycles. The van der Waals surface area contributed by atoms with Crippen molar-refractivity contribution in [1.29, 1.82) is 0 Å². The molecule has 4 heteroatoms. The molecule has 0 spiro atoms. The molecule has 14 heavy (non-hydrogen) atoms. The van der Waals surface area contributed by atoms with Gasteiger partial charge in [-0.3, -0.25) is 0 Å². The van der Waals surface area contributed by atoms with E-state index in [0.29, 0.717) is 11.6 Å². The molecular weight excluding hydrogens is 203 g/mol. The number of hydrogen-bond acceptors (Lipinski definition) is 2. The van der Waals surface area contributed by atoms with Crippen molar-refractivity contribution in [3.63, 3.8) is 0 Å². The number of hydrogen-bond donors (Lipinski definition) is 1. The van der Waals surface area contributed by atoms with Gasteiger partial charge in [-0.25, -0.2) is 9.37 Å². The summed E-state index contributed by atoms with van der Waals surface area (Å²) >= 11 is 5.56. The maximum absolute atomic E-state index is 13.1. The van der Waals surface area contributed by atoms with E-state index in [-0.39, 0.29) is 5.82 Å². The largest absolute Gasteiger partial charge is 0.367 e. The van der Waals surface area contributed by atoms with Crippen molar-refractivity contribution in [2.45, 2.75) is 13.3 Å². The lowest BCUT2D eigenvalue weighted by Crippen LogP contribution is -2.04. The SMILES string of the molecule is C/C=C/CCNc1ncc(Cl)cc1F. The van der Waals surface area contributed by atoms with Crippen molar-refractivity contribution in [2.75, 3.05) is 11.9 Å². The van der Waals surface area contributed by atoms with Gasteiger partial charge in [-0.15, -0.1) is 0 Å². The number of pyridine rings is 1. The fourth-order valence-electron chi connectivity index (χ4n) is 0.985. The predicted octanol–water partition coefficient (Wildman–Crippen LogP) is 3.25. The Labute approximate surface area is 87.8 Å². The molecule has 1 aromatic heterocycles. The van der Waals surface area contributed by atoms with Crippen molar-refractivity contribution in [1.82, 2.24) is 4.98 Å². The normalized spacial score (nSPS) is 10.8. The summed E-state index contributed by atoms with van der Waals surface area (Å²) in [6, 6.07) is 1.24. The lowest BCUT2D eigenvalue weighted by atomic mass is 10.3. The molecule has 1 rings (SSSR count). The van der Waals surface area contributed by atoms with E-state index < -0.39 is 5.82 Å². The minimum absolute atomic E-state index is 0.249. The third-order valence-electron chi connectivity index (χ3n) is 1.65. The zero-order chi connectivity index (χ0) is 10.4. The average Bonchev–Trinajstić information content (AvgIpc) is 2.15. The molecule has 0 atom stereocenters. The summed E-state index contributed by atoms with van der Waals surface area (Å²) in [5, 5.41) is 3.19. The Morgan fingerprint density at radius 1 is 1.64 bits per heavy atom. The molecule has 0 unspecified atom stereocenters. The van der Waals surface area contributed by atoms with Gasteiger partial charge in [-0.05, 0) is 19.4 Å². The molecule has 0 fully saturated rings. The smallest absolute Gasteiger partial charge is 0.166 e. The predicted molar refractivity (Wildman–Crippen MR) is 57.1 cm³/mol. The van der Waals surface area contributed by atoms with E-state index >= 15 is 0 Å². The highest BCUT2D eigenvalue weighted by Crippen LogP contribution is 2.15. The Bertz CT molecular complexity index is 326. The van der Waals surface area contributed by atoms with Gasteiger partial charge in [0.2, 0.25) is 0 Å². The first-order valence-electron chi connectivity index (χ1n) is 4.40. The third-order valence-corrected chi connectivity index (χ3v) is 1.85. The first-order valence-corrected chi connectivity index (χ1v) is 4.78. The number of rotatable bonds is 4. The van der Waals surface area contributed by atoms with Crippen LogP contribution in [0.2, 0.25) is 5.02 Å². The van der Waals surface area contributed by atoms with Crippen molar-refractivity contribution in [2.24, 2.45) is 0 Å². The van der Waals surface area contributed by atoms with Crippen LogP contribution < -0.4 is 5.32 Å². The van der Waals surface area contributed by atoms with Gasteiger partial charge in [-0.1, -0.05) is 23.8 Å². The van der Waals surface area contributed by atoms with Crippen molar-refractivity contribution >= 4 is 17.4 Å². The van der Waals surface area contributed by atoms with Gasteiger partial charge in [0.1, 0.15) is 0 Å². The minimum atomic E-state index is -0.419. The first-order chi connectivity index (χ1) is 6.74. The molecule has 0 aliphatic carbocycles. The second-order valence-electron chi connectivity index (χ2n) is 2.77. The maximum Gasteiger partial charge on any atom is 0.166 e. The van der Waals surface area contributed by atoms with E-state index in [9.17, 15) is 4.39 Å². The van der Waals surface area contributed by atoms with E-state index in [4.69, 9.17) is 11.6 Å². The zero-order valence-electron chi connectivity index (χ0n) is 7.93. The zero-order valence-corrected chi connectivity index (χ0v) is 8.68. The molecule has 0 aromatic carbocycles. The lowest BCUT2D eigenvalue weighted by molar-refractivity contribution is 0.624. The Morgan fingerprint density at radius 2 is 2.43 bits per heavy atom. The number of nitrogens with one attached hydrogen (secondary N) is 1. The molecular formula is C10H12ClFN2. The van der Waals surface area contributed by atoms with Crippen LogP contribution in [0.3, 0.4) is 0 Å². The Morgan fingerprint density at radius 3 is 3.07 bits per heavy atom. The highest BCUT2D eigenvalue weighted by molar-refractivity contribution is 6.30. The number of halogens is 2. The monoisotopic (exact) mass is 214 g/mol. The Hall–Kier alpha value is -1.09. The van der Waals surface area contributed by atoms with Crippen LogP contribution in [0.15, 0.2) is 24.4 Å². The van der Waals surface area contributed by atoms with Crippen molar-refractivity contribution in [3.8, 4) is 0 Å². The molecule has 0 saturated heterocycles. The van der Waals surface area contributed by atoms with Crippen LogP contribution in [0.5, 0.6) is 0 Å². The highest BCUT2D eigenvalue weighted by Gasteiger charge is 2.02. The summed E-state index contributed by atoms with van der Waals surface area (Å²) in [4.78, 5) is 3.83. The molecule has 0 radical (unpaired) electrons. The lowest BCUT2D eigenvalue weighted by Gasteiger charge is -2.04. The van der Waals surface area contributed by atoms with Crippen LogP contribution in [0.25, 0.3) is 0 Å². The van der Waals surface area contributed by atoms with Crippen molar-refractivity contribution in [3.05, 3.63) is 35.3 Å².